The normalized spacial score (nSPS) is 14.4. The van der Waals surface area contributed by atoms with E-state index in [2.05, 4.69) is 5.32 Å². The lowest BCUT2D eigenvalue weighted by atomic mass is 10.1. The van der Waals surface area contributed by atoms with Gasteiger partial charge in [0.05, 0.1) is 10.4 Å². The van der Waals surface area contributed by atoms with Gasteiger partial charge < -0.3 is 10.2 Å². The van der Waals surface area contributed by atoms with Crippen molar-refractivity contribution in [3.05, 3.63) is 64.5 Å². The Kier molecular flexibility index (Phi) is 5.04. The highest BCUT2D eigenvalue weighted by Crippen LogP contribution is 2.31. The molecule has 1 N–H and O–H groups in total. The fourth-order valence-corrected chi connectivity index (χ4v) is 4.35. The quantitative estimate of drug-likeness (QED) is 0.618. The summed E-state index contributed by atoms with van der Waals surface area (Å²) in [5.41, 5.74) is -0.489. The van der Waals surface area contributed by atoms with Crippen LogP contribution in [-0.2, 0) is 6.18 Å². The second kappa shape index (κ2) is 7.51. The number of hydrogen-bond donors (Lipinski definition) is 1. The first-order valence-corrected chi connectivity index (χ1v) is 9.94. The zero-order chi connectivity index (χ0) is 20.6. The van der Waals surface area contributed by atoms with Crippen LogP contribution in [0.2, 0.25) is 0 Å². The Labute approximate surface area is 168 Å². The predicted molar refractivity (Wildman–Crippen MR) is 106 cm³/mol. The SMILES string of the molecule is O=C(Nc1ccc2sc(C(=O)N3CCCC3)cc2c1)c1cccc(C(F)(F)F)c1. The molecule has 3 aromatic rings. The van der Waals surface area contributed by atoms with Crippen LogP contribution >= 0.6 is 11.3 Å². The summed E-state index contributed by atoms with van der Waals surface area (Å²) in [7, 11) is 0. The number of carbonyl (C=O) groups excluding carboxylic acids is 2. The maximum Gasteiger partial charge on any atom is 0.416 e. The van der Waals surface area contributed by atoms with E-state index in [-0.39, 0.29) is 11.5 Å². The zero-order valence-electron chi connectivity index (χ0n) is 15.3. The third-order valence-electron chi connectivity index (χ3n) is 4.83. The minimum absolute atomic E-state index is 0.0123. The van der Waals surface area contributed by atoms with E-state index in [0.717, 1.165) is 48.2 Å². The van der Waals surface area contributed by atoms with Crippen molar-refractivity contribution in [2.24, 2.45) is 0 Å². The number of nitrogens with zero attached hydrogens (tertiary/aromatic N) is 1. The van der Waals surface area contributed by atoms with E-state index in [1.54, 1.807) is 24.3 Å². The Morgan fingerprint density at radius 2 is 1.76 bits per heavy atom. The van der Waals surface area contributed by atoms with E-state index in [1.807, 2.05) is 4.90 Å². The van der Waals surface area contributed by atoms with Crippen molar-refractivity contribution in [2.75, 3.05) is 18.4 Å². The molecule has 0 spiro atoms. The first kappa shape index (κ1) is 19.4. The predicted octanol–water partition coefficient (Wildman–Crippen LogP) is 5.41. The number of thiophene rings is 1. The number of rotatable bonds is 3. The van der Waals surface area contributed by atoms with Gasteiger partial charge in [-0.05, 0) is 60.7 Å². The van der Waals surface area contributed by atoms with Gasteiger partial charge in [-0.3, -0.25) is 9.59 Å². The van der Waals surface area contributed by atoms with Gasteiger partial charge in [0, 0.05) is 29.0 Å². The molecule has 2 heterocycles. The van der Waals surface area contributed by atoms with E-state index in [4.69, 9.17) is 0 Å². The number of alkyl halides is 3. The smallest absolute Gasteiger partial charge is 0.338 e. The van der Waals surface area contributed by atoms with Crippen molar-refractivity contribution in [2.45, 2.75) is 19.0 Å². The van der Waals surface area contributed by atoms with Gasteiger partial charge in [-0.2, -0.15) is 13.2 Å². The second-order valence-electron chi connectivity index (χ2n) is 6.90. The molecule has 1 aliphatic heterocycles. The monoisotopic (exact) mass is 418 g/mol. The molecule has 4 nitrogen and oxygen atoms in total. The van der Waals surface area contributed by atoms with E-state index in [1.165, 1.54) is 23.5 Å². The molecular weight excluding hydrogens is 401 g/mol. The maximum atomic E-state index is 12.9. The van der Waals surface area contributed by atoms with Crippen LogP contribution in [0.4, 0.5) is 18.9 Å². The van der Waals surface area contributed by atoms with Crippen LogP contribution in [0.15, 0.2) is 48.5 Å². The number of anilines is 1. The molecule has 1 aliphatic rings. The molecule has 0 aliphatic carbocycles. The highest BCUT2D eigenvalue weighted by Gasteiger charge is 2.31. The van der Waals surface area contributed by atoms with Gasteiger partial charge in [-0.15, -0.1) is 11.3 Å². The maximum absolute atomic E-state index is 12.9. The Bertz CT molecular complexity index is 1080. The highest BCUT2D eigenvalue weighted by molar-refractivity contribution is 7.20. The third-order valence-corrected chi connectivity index (χ3v) is 5.93. The number of halogens is 3. The second-order valence-corrected chi connectivity index (χ2v) is 7.98. The number of fused-ring (bicyclic) bond motifs is 1. The van der Waals surface area contributed by atoms with Crippen molar-refractivity contribution in [3.8, 4) is 0 Å². The van der Waals surface area contributed by atoms with E-state index in [0.29, 0.717) is 10.6 Å². The average Bonchev–Trinajstić information content (AvgIpc) is 3.36. The molecule has 0 bridgehead atoms. The molecule has 1 saturated heterocycles. The topological polar surface area (TPSA) is 49.4 Å². The van der Waals surface area contributed by atoms with Gasteiger partial charge in [0.1, 0.15) is 0 Å². The summed E-state index contributed by atoms with van der Waals surface area (Å²) in [6.07, 6.45) is -2.48. The minimum Gasteiger partial charge on any atom is -0.338 e. The van der Waals surface area contributed by atoms with Crippen LogP contribution in [0.25, 0.3) is 10.1 Å². The van der Waals surface area contributed by atoms with Gasteiger partial charge >= 0.3 is 6.18 Å². The molecule has 4 rings (SSSR count). The third kappa shape index (κ3) is 4.12. The van der Waals surface area contributed by atoms with E-state index in [9.17, 15) is 22.8 Å². The van der Waals surface area contributed by atoms with Gasteiger partial charge in [-0.25, -0.2) is 0 Å². The molecule has 0 unspecified atom stereocenters. The molecule has 2 aromatic carbocycles. The summed E-state index contributed by atoms with van der Waals surface area (Å²) in [4.78, 5) is 27.4. The van der Waals surface area contributed by atoms with Crippen LogP contribution in [0.3, 0.4) is 0 Å². The molecular formula is C21H17F3N2O2S. The number of nitrogens with one attached hydrogen (secondary N) is 1. The van der Waals surface area contributed by atoms with Crippen LogP contribution in [0.5, 0.6) is 0 Å². The van der Waals surface area contributed by atoms with E-state index >= 15 is 0 Å². The van der Waals surface area contributed by atoms with Crippen molar-refractivity contribution >= 4 is 38.9 Å². The molecule has 0 atom stereocenters. The van der Waals surface area contributed by atoms with Crippen molar-refractivity contribution in [1.29, 1.82) is 0 Å². The van der Waals surface area contributed by atoms with Crippen molar-refractivity contribution < 1.29 is 22.8 Å². The lowest BCUT2D eigenvalue weighted by Crippen LogP contribution is -2.26. The number of benzene rings is 2. The van der Waals surface area contributed by atoms with Gasteiger partial charge in [0.2, 0.25) is 0 Å². The number of likely N-dealkylation sites (tertiary alicyclic amines) is 1. The van der Waals surface area contributed by atoms with Crippen LogP contribution in [0, 0.1) is 0 Å². The first-order chi connectivity index (χ1) is 13.8. The lowest BCUT2D eigenvalue weighted by molar-refractivity contribution is -0.137. The molecule has 150 valence electrons. The molecule has 0 radical (unpaired) electrons. The summed E-state index contributed by atoms with van der Waals surface area (Å²) in [5.74, 6) is -0.614. The average molecular weight is 418 g/mol. The molecule has 0 saturated carbocycles. The summed E-state index contributed by atoms with van der Waals surface area (Å²) >= 11 is 1.39. The molecule has 29 heavy (non-hydrogen) atoms. The Hall–Kier alpha value is -2.87. The zero-order valence-corrected chi connectivity index (χ0v) is 16.1. The van der Waals surface area contributed by atoms with Gasteiger partial charge in [-0.1, -0.05) is 6.07 Å². The Morgan fingerprint density at radius 3 is 2.48 bits per heavy atom. The molecule has 2 amide bonds. The first-order valence-electron chi connectivity index (χ1n) is 9.13. The van der Waals surface area contributed by atoms with Gasteiger partial charge in [0.15, 0.2) is 0 Å². The lowest BCUT2D eigenvalue weighted by Gasteiger charge is -2.13. The number of amides is 2. The molecule has 1 fully saturated rings. The van der Waals surface area contributed by atoms with Gasteiger partial charge in [0.25, 0.3) is 11.8 Å². The van der Waals surface area contributed by atoms with Crippen LogP contribution in [-0.4, -0.2) is 29.8 Å². The summed E-state index contributed by atoms with van der Waals surface area (Å²) in [6.45, 7) is 1.54. The fourth-order valence-electron chi connectivity index (χ4n) is 3.34. The highest BCUT2D eigenvalue weighted by atomic mass is 32.1. The standard InChI is InChI=1S/C21H17F3N2O2S/c22-21(23,24)15-5-3-4-13(10-15)19(27)25-16-6-7-17-14(11-16)12-18(29-17)20(28)26-8-1-2-9-26/h3-7,10-12H,1-2,8-9H2,(H,25,27). The van der Waals surface area contributed by atoms with Crippen molar-refractivity contribution in [1.82, 2.24) is 4.90 Å². The van der Waals surface area contributed by atoms with Crippen molar-refractivity contribution in [3.63, 3.8) is 0 Å². The number of hydrogen-bond acceptors (Lipinski definition) is 3. The minimum atomic E-state index is -4.51. The van der Waals surface area contributed by atoms with Crippen LogP contribution in [0.1, 0.15) is 38.4 Å². The molecule has 1 aromatic heterocycles. The summed E-state index contributed by atoms with van der Waals surface area (Å²) in [6, 6.07) is 11.3. The largest absolute Gasteiger partial charge is 0.416 e. The molecule has 8 heteroatoms. The Balaban J connectivity index is 1.54. The number of carbonyl (C=O) groups is 2. The Morgan fingerprint density at radius 1 is 1.00 bits per heavy atom. The van der Waals surface area contributed by atoms with E-state index < -0.39 is 17.6 Å². The summed E-state index contributed by atoms with van der Waals surface area (Å²) < 4.78 is 39.5. The van der Waals surface area contributed by atoms with Crippen LogP contribution < -0.4 is 5.32 Å². The summed E-state index contributed by atoms with van der Waals surface area (Å²) in [5, 5.41) is 3.43. The fraction of sp³-hybridized carbons (Fsp3) is 0.238.